The number of carbonyl (C=O) groups is 1. The molecule has 6 nitrogen and oxygen atoms in total. The predicted octanol–water partition coefficient (Wildman–Crippen LogP) is 1.25. The number of rotatable bonds is 5. The highest BCUT2D eigenvalue weighted by molar-refractivity contribution is 7.91. The SMILES string of the molecule is CCOC(=O)NNS(=O)(=O)c1ccc(CC)s1. The van der Waals surface area contributed by atoms with Gasteiger partial charge in [-0.1, -0.05) is 6.92 Å². The molecular formula is C9H14N2O4S2. The lowest BCUT2D eigenvalue weighted by atomic mass is 10.4. The molecule has 1 heterocycles. The maximum atomic E-state index is 11.7. The maximum absolute atomic E-state index is 11.7. The lowest BCUT2D eigenvalue weighted by Gasteiger charge is -2.06. The Balaban J connectivity index is 2.65. The van der Waals surface area contributed by atoms with Crippen LogP contribution in [0.5, 0.6) is 0 Å². The fourth-order valence-electron chi connectivity index (χ4n) is 1.02. The number of thiophene rings is 1. The van der Waals surface area contributed by atoms with Crippen LogP contribution in [-0.4, -0.2) is 21.1 Å². The van der Waals surface area contributed by atoms with Crippen LogP contribution in [0.25, 0.3) is 0 Å². The van der Waals surface area contributed by atoms with Gasteiger partial charge in [0.05, 0.1) is 6.61 Å². The number of hydrazine groups is 1. The molecule has 0 fully saturated rings. The second-order valence-electron chi connectivity index (χ2n) is 3.03. The standard InChI is InChI=1S/C9H14N2O4S2/c1-3-7-5-6-8(16-7)17(13,14)11-10-9(12)15-4-2/h5-6,11H,3-4H2,1-2H3,(H,10,12). The normalized spacial score (nSPS) is 11.2. The highest BCUT2D eigenvalue weighted by Crippen LogP contribution is 2.21. The fraction of sp³-hybridized carbons (Fsp3) is 0.444. The van der Waals surface area contributed by atoms with Gasteiger partial charge in [0.2, 0.25) is 0 Å². The number of hydrogen-bond acceptors (Lipinski definition) is 5. The maximum Gasteiger partial charge on any atom is 0.422 e. The Hall–Kier alpha value is -1.12. The van der Waals surface area contributed by atoms with Gasteiger partial charge in [0.25, 0.3) is 10.0 Å². The van der Waals surface area contributed by atoms with Crippen molar-refractivity contribution >= 4 is 27.5 Å². The minimum atomic E-state index is -3.71. The Bertz CT molecular complexity index is 481. The van der Waals surface area contributed by atoms with Crippen molar-refractivity contribution in [3.8, 4) is 0 Å². The number of carbonyl (C=O) groups excluding carboxylic acids is 1. The molecule has 96 valence electrons. The highest BCUT2D eigenvalue weighted by atomic mass is 32.2. The second kappa shape index (κ2) is 5.99. The van der Waals surface area contributed by atoms with E-state index in [4.69, 9.17) is 0 Å². The summed E-state index contributed by atoms with van der Waals surface area (Å²) in [6.45, 7) is 3.74. The van der Waals surface area contributed by atoms with Crippen molar-refractivity contribution in [1.82, 2.24) is 10.3 Å². The number of ether oxygens (including phenoxy) is 1. The van der Waals surface area contributed by atoms with Crippen molar-refractivity contribution in [1.29, 1.82) is 0 Å². The van der Waals surface area contributed by atoms with E-state index in [-0.39, 0.29) is 10.8 Å². The van der Waals surface area contributed by atoms with Gasteiger partial charge in [-0.2, -0.15) is 0 Å². The first-order chi connectivity index (χ1) is 7.99. The summed E-state index contributed by atoms with van der Waals surface area (Å²) < 4.78 is 28.1. The van der Waals surface area contributed by atoms with E-state index in [1.54, 1.807) is 13.0 Å². The number of amides is 1. The summed E-state index contributed by atoms with van der Waals surface area (Å²) in [5.41, 5.74) is 1.96. The van der Waals surface area contributed by atoms with E-state index in [0.717, 1.165) is 22.6 Å². The van der Waals surface area contributed by atoms with E-state index >= 15 is 0 Å². The molecule has 1 amide bonds. The fourth-order valence-corrected chi connectivity index (χ4v) is 3.14. The summed E-state index contributed by atoms with van der Waals surface area (Å²) in [5, 5.41) is 0. The summed E-state index contributed by atoms with van der Waals surface area (Å²) in [5.74, 6) is 0. The molecule has 1 aromatic rings. The summed E-state index contributed by atoms with van der Waals surface area (Å²) in [6.07, 6.45) is -0.0609. The molecule has 0 saturated heterocycles. The third-order valence-electron chi connectivity index (χ3n) is 1.81. The lowest BCUT2D eigenvalue weighted by Crippen LogP contribution is -2.41. The number of hydrogen-bond donors (Lipinski definition) is 2. The number of sulfonamides is 1. The first kappa shape index (κ1) is 13.9. The molecule has 1 rings (SSSR count). The van der Waals surface area contributed by atoms with Crippen molar-refractivity contribution in [3.63, 3.8) is 0 Å². The van der Waals surface area contributed by atoms with Gasteiger partial charge in [-0.05, 0) is 25.5 Å². The molecule has 0 saturated carbocycles. The van der Waals surface area contributed by atoms with E-state index < -0.39 is 16.1 Å². The zero-order valence-corrected chi connectivity index (χ0v) is 11.2. The molecule has 17 heavy (non-hydrogen) atoms. The molecule has 2 N–H and O–H groups in total. The van der Waals surface area contributed by atoms with Crippen LogP contribution in [0.3, 0.4) is 0 Å². The average molecular weight is 278 g/mol. The zero-order valence-electron chi connectivity index (χ0n) is 9.52. The van der Waals surface area contributed by atoms with Crippen molar-refractivity contribution in [3.05, 3.63) is 17.0 Å². The molecule has 0 spiro atoms. The number of nitrogens with one attached hydrogen (secondary N) is 2. The minimum absolute atomic E-state index is 0.158. The molecule has 0 aromatic carbocycles. The third-order valence-corrected chi connectivity index (χ3v) is 4.78. The van der Waals surface area contributed by atoms with Crippen LogP contribution in [0.4, 0.5) is 4.79 Å². The lowest BCUT2D eigenvalue weighted by molar-refractivity contribution is 0.150. The Kier molecular flexibility index (Phi) is 4.91. The quantitative estimate of drug-likeness (QED) is 0.794. The molecule has 1 aromatic heterocycles. The van der Waals surface area contributed by atoms with Gasteiger partial charge in [0, 0.05) is 4.88 Å². The molecule has 0 bridgehead atoms. The van der Waals surface area contributed by atoms with Crippen molar-refractivity contribution in [2.24, 2.45) is 0 Å². The van der Waals surface area contributed by atoms with Crippen molar-refractivity contribution < 1.29 is 17.9 Å². The topological polar surface area (TPSA) is 84.5 Å². The number of aryl methyl sites for hydroxylation is 1. The monoisotopic (exact) mass is 278 g/mol. The summed E-state index contributed by atoms with van der Waals surface area (Å²) >= 11 is 1.16. The van der Waals surface area contributed by atoms with Gasteiger partial charge in [-0.25, -0.2) is 18.6 Å². The van der Waals surface area contributed by atoms with E-state index in [2.05, 4.69) is 4.74 Å². The molecular weight excluding hydrogens is 264 g/mol. The van der Waals surface area contributed by atoms with E-state index in [1.807, 2.05) is 17.2 Å². The molecule has 0 unspecified atom stereocenters. The smallest absolute Gasteiger partial charge is 0.422 e. The summed E-state index contributed by atoms with van der Waals surface area (Å²) in [6, 6.07) is 3.24. The van der Waals surface area contributed by atoms with Crippen LogP contribution < -0.4 is 10.3 Å². The predicted molar refractivity (Wildman–Crippen MR) is 64.2 cm³/mol. The Morgan fingerprint density at radius 2 is 2.12 bits per heavy atom. The molecule has 0 radical (unpaired) electrons. The summed E-state index contributed by atoms with van der Waals surface area (Å²) in [4.78, 5) is 13.8. The van der Waals surface area contributed by atoms with Gasteiger partial charge in [-0.15, -0.1) is 16.2 Å². The van der Waals surface area contributed by atoms with Gasteiger partial charge in [0.1, 0.15) is 4.21 Å². The Morgan fingerprint density at radius 1 is 1.41 bits per heavy atom. The van der Waals surface area contributed by atoms with Crippen molar-refractivity contribution in [2.45, 2.75) is 24.5 Å². The van der Waals surface area contributed by atoms with E-state index in [0.29, 0.717) is 0 Å². The molecule has 0 atom stereocenters. The average Bonchev–Trinajstić information content (AvgIpc) is 2.76. The third kappa shape index (κ3) is 3.99. The first-order valence-electron chi connectivity index (χ1n) is 5.03. The van der Waals surface area contributed by atoms with E-state index in [1.165, 1.54) is 6.07 Å². The van der Waals surface area contributed by atoms with Crippen LogP contribution >= 0.6 is 11.3 Å². The largest absolute Gasteiger partial charge is 0.449 e. The van der Waals surface area contributed by atoms with Crippen LogP contribution in [-0.2, 0) is 21.2 Å². The summed E-state index contributed by atoms with van der Waals surface area (Å²) in [7, 11) is -3.71. The first-order valence-corrected chi connectivity index (χ1v) is 7.32. The van der Waals surface area contributed by atoms with Gasteiger partial charge in [0.15, 0.2) is 0 Å². The van der Waals surface area contributed by atoms with Crippen LogP contribution in [0.15, 0.2) is 16.3 Å². The molecule has 8 heteroatoms. The second-order valence-corrected chi connectivity index (χ2v) is 6.10. The zero-order chi connectivity index (χ0) is 12.9. The Morgan fingerprint density at radius 3 is 2.65 bits per heavy atom. The van der Waals surface area contributed by atoms with Crippen LogP contribution in [0.2, 0.25) is 0 Å². The molecule has 0 aliphatic heterocycles. The highest BCUT2D eigenvalue weighted by Gasteiger charge is 2.17. The van der Waals surface area contributed by atoms with Gasteiger partial charge >= 0.3 is 6.09 Å². The van der Waals surface area contributed by atoms with Crippen LogP contribution in [0, 0.1) is 0 Å². The van der Waals surface area contributed by atoms with Gasteiger partial charge < -0.3 is 4.74 Å². The molecule has 0 aliphatic rings. The van der Waals surface area contributed by atoms with Gasteiger partial charge in [-0.3, -0.25) is 0 Å². The van der Waals surface area contributed by atoms with Crippen molar-refractivity contribution in [2.75, 3.05) is 6.61 Å². The minimum Gasteiger partial charge on any atom is -0.449 e. The van der Waals surface area contributed by atoms with Crippen LogP contribution in [0.1, 0.15) is 18.7 Å². The Labute approximate surface area is 104 Å². The van der Waals surface area contributed by atoms with E-state index in [9.17, 15) is 13.2 Å². The molecule has 0 aliphatic carbocycles.